The van der Waals surface area contributed by atoms with Crippen molar-refractivity contribution in [1.29, 1.82) is 0 Å². The molecule has 2 aromatic heterocycles. The van der Waals surface area contributed by atoms with Crippen LogP contribution in [-0.2, 0) is 10.0 Å². The number of hydrogen-bond donors (Lipinski definition) is 1. The predicted octanol–water partition coefficient (Wildman–Crippen LogP) is 1.32. The molecule has 1 saturated heterocycles. The van der Waals surface area contributed by atoms with Crippen molar-refractivity contribution in [3.05, 3.63) is 18.6 Å². The number of fused-ring (bicyclic) bond motifs is 1. The Bertz CT molecular complexity index is 819. The summed E-state index contributed by atoms with van der Waals surface area (Å²) in [6, 6.07) is 1.38. The zero-order chi connectivity index (χ0) is 16.8. The maximum Gasteiger partial charge on any atom is 0.511 e. The number of anilines is 1. The van der Waals surface area contributed by atoms with Crippen LogP contribution in [0.1, 0.15) is 6.42 Å². The largest absolute Gasteiger partial charge is 0.511 e. The number of nitrogens with one attached hydrogen (secondary N) is 1. The first-order chi connectivity index (χ1) is 10.7. The van der Waals surface area contributed by atoms with Gasteiger partial charge in [0.15, 0.2) is 0 Å². The third kappa shape index (κ3) is 2.63. The number of aromatic nitrogens is 3. The monoisotopic (exact) mass is 349 g/mol. The summed E-state index contributed by atoms with van der Waals surface area (Å²) in [5.74, 6) is 0.549. The molecule has 2 aromatic rings. The van der Waals surface area contributed by atoms with E-state index in [-0.39, 0.29) is 19.1 Å². The second-order valence-electron chi connectivity index (χ2n) is 5.30. The fraction of sp³-hybridized carbons (Fsp3) is 0.500. The molecule has 0 saturated carbocycles. The Morgan fingerprint density at radius 3 is 2.83 bits per heavy atom. The Labute approximate surface area is 130 Å². The van der Waals surface area contributed by atoms with Crippen LogP contribution in [0.5, 0.6) is 0 Å². The highest BCUT2D eigenvalue weighted by Gasteiger charge is 2.52. The molecule has 1 fully saturated rings. The molecule has 126 valence electrons. The standard InChI is InChI=1S/C12H14F3N5O2S/c1-19(11-9-2-4-16-10(9)17-7-18-11)8-3-5-20(6-8)23(21,22)12(13,14)15/h2,4,7-8H,3,5-6H2,1H3,(H,16,17,18). The van der Waals surface area contributed by atoms with Gasteiger partial charge in [-0.2, -0.15) is 17.5 Å². The van der Waals surface area contributed by atoms with Crippen molar-refractivity contribution in [3.8, 4) is 0 Å². The Kier molecular flexibility index (Phi) is 3.71. The topological polar surface area (TPSA) is 82.2 Å². The van der Waals surface area contributed by atoms with Gasteiger partial charge in [-0.15, -0.1) is 0 Å². The predicted molar refractivity (Wildman–Crippen MR) is 77.2 cm³/mol. The number of rotatable bonds is 3. The Morgan fingerprint density at radius 2 is 2.13 bits per heavy atom. The van der Waals surface area contributed by atoms with E-state index in [2.05, 4.69) is 15.0 Å². The highest BCUT2D eigenvalue weighted by atomic mass is 32.2. The quantitative estimate of drug-likeness (QED) is 0.904. The SMILES string of the molecule is CN(c1ncnc2[nH]ccc12)C1CCN(S(=O)(=O)C(F)(F)F)C1. The molecule has 3 rings (SSSR count). The van der Waals surface area contributed by atoms with Crippen molar-refractivity contribution in [2.45, 2.75) is 18.0 Å². The molecule has 1 unspecified atom stereocenters. The van der Waals surface area contributed by atoms with Gasteiger partial charge in [-0.3, -0.25) is 0 Å². The van der Waals surface area contributed by atoms with Crippen LogP contribution in [-0.4, -0.2) is 59.4 Å². The van der Waals surface area contributed by atoms with Gasteiger partial charge < -0.3 is 9.88 Å². The molecule has 1 aliphatic heterocycles. The number of likely N-dealkylation sites (N-methyl/N-ethyl adjacent to an activating group) is 1. The van der Waals surface area contributed by atoms with E-state index in [4.69, 9.17) is 0 Å². The minimum absolute atomic E-state index is 0.168. The van der Waals surface area contributed by atoms with Gasteiger partial charge in [0.2, 0.25) is 0 Å². The number of sulfonamides is 1. The van der Waals surface area contributed by atoms with Crippen LogP contribution in [0.25, 0.3) is 11.0 Å². The van der Waals surface area contributed by atoms with Crippen molar-refractivity contribution in [1.82, 2.24) is 19.3 Å². The molecule has 1 N–H and O–H groups in total. The lowest BCUT2D eigenvalue weighted by Crippen LogP contribution is -2.42. The molecule has 0 bridgehead atoms. The summed E-state index contributed by atoms with van der Waals surface area (Å²) >= 11 is 0. The zero-order valence-corrected chi connectivity index (χ0v) is 12.9. The van der Waals surface area contributed by atoms with Gasteiger partial charge in [-0.05, 0) is 12.5 Å². The summed E-state index contributed by atoms with van der Waals surface area (Å²) in [6.07, 6.45) is 3.33. The molecule has 0 aromatic carbocycles. The average Bonchev–Trinajstić information content (AvgIpc) is 3.14. The Balaban J connectivity index is 1.83. The normalized spacial score (nSPS) is 20.3. The number of nitrogens with zero attached hydrogens (tertiary/aromatic N) is 4. The summed E-state index contributed by atoms with van der Waals surface area (Å²) in [5, 5.41) is 0.729. The summed E-state index contributed by atoms with van der Waals surface area (Å²) in [7, 11) is -3.61. The van der Waals surface area contributed by atoms with E-state index < -0.39 is 15.5 Å². The number of alkyl halides is 3. The highest BCUT2D eigenvalue weighted by molar-refractivity contribution is 7.90. The van der Waals surface area contributed by atoms with E-state index in [1.807, 2.05) is 0 Å². The van der Waals surface area contributed by atoms with Crippen LogP contribution in [0.15, 0.2) is 18.6 Å². The van der Waals surface area contributed by atoms with Crippen LogP contribution in [0.4, 0.5) is 19.0 Å². The highest BCUT2D eigenvalue weighted by Crippen LogP contribution is 2.32. The van der Waals surface area contributed by atoms with E-state index in [9.17, 15) is 21.6 Å². The maximum absolute atomic E-state index is 12.6. The second kappa shape index (κ2) is 5.34. The summed E-state index contributed by atoms with van der Waals surface area (Å²) in [6.45, 7) is -0.396. The molecule has 0 aliphatic carbocycles. The maximum atomic E-state index is 12.6. The van der Waals surface area contributed by atoms with E-state index in [0.29, 0.717) is 22.2 Å². The van der Waals surface area contributed by atoms with Crippen LogP contribution in [0.2, 0.25) is 0 Å². The van der Waals surface area contributed by atoms with Crippen molar-refractivity contribution in [3.63, 3.8) is 0 Å². The van der Waals surface area contributed by atoms with Crippen LogP contribution < -0.4 is 4.90 Å². The number of halogens is 3. The van der Waals surface area contributed by atoms with Gasteiger partial charge in [0.25, 0.3) is 0 Å². The van der Waals surface area contributed by atoms with Crippen LogP contribution in [0.3, 0.4) is 0 Å². The van der Waals surface area contributed by atoms with Crippen molar-refractivity contribution in [2.24, 2.45) is 0 Å². The zero-order valence-electron chi connectivity index (χ0n) is 12.1. The minimum atomic E-state index is -5.29. The van der Waals surface area contributed by atoms with Gasteiger partial charge in [0.1, 0.15) is 17.8 Å². The van der Waals surface area contributed by atoms with Gasteiger partial charge in [-0.25, -0.2) is 18.4 Å². The molecule has 1 atom stereocenters. The summed E-state index contributed by atoms with van der Waals surface area (Å²) in [4.78, 5) is 12.8. The van der Waals surface area contributed by atoms with Crippen LogP contribution >= 0.6 is 0 Å². The fourth-order valence-corrected chi connectivity index (χ4v) is 3.71. The minimum Gasteiger partial charge on any atom is -0.355 e. The first-order valence-corrected chi connectivity index (χ1v) is 8.23. The summed E-state index contributed by atoms with van der Waals surface area (Å²) in [5.41, 5.74) is -4.66. The van der Waals surface area contributed by atoms with E-state index in [1.54, 1.807) is 24.2 Å². The number of hydrogen-bond acceptors (Lipinski definition) is 5. The third-order valence-electron chi connectivity index (χ3n) is 3.97. The molecule has 0 radical (unpaired) electrons. The molecule has 0 spiro atoms. The molecule has 1 aliphatic rings. The molecule has 3 heterocycles. The van der Waals surface area contributed by atoms with Crippen molar-refractivity contribution in [2.75, 3.05) is 25.0 Å². The first kappa shape index (κ1) is 16.0. The Hall–Kier alpha value is -1.88. The van der Waals surface area contributed by atoms with E-state index in [0.717, 1.165) is 5.39 Å². The van der Waals surface area contributed by atoms with Crippen molar-refractivity contribution < 1.29 is 21.6 Å². The fourth-order valence-electron chi connectivity index (χ4n) is 2.70. The van der Waals surface area contributed by atoms with Gasteiger partial charge in [-0.1, -0.05) is 0 Å². The molecule has 7 nitrogen and oxygen atoms in total. The number of H-pyrrole nitrogens is 1. The van der Waals surface area contributed by atoms with E-state index in [1.165, 1.54) is 6.33 Å². The van der Waals surface area contributed by atoms with Gasteiger partial charge in [0, 0.05) is 32.4 Å². The molecular formula is C12H14F3N5O2S. The van der Waals surface area contributed by atoms with Gasteiger partial charge >= 0.3 is 15.5 Å². The first-order valence-electron chi connectivity index (χ1n) is 6.79. The molecule has 0 amide bonds. The molecular weight excluding hydrogens is 335 g/mol. The lowest BCUT2D eigenvalue weighted by atomic mass is 10.2. The van der Waals surface area contributed by atoms with Crippen LogP contribution in [0, 0.1) is 0 Å². The lowest BCUT2D eigenvalue weighted by Gasteiger charge is -2.26. The number of aromatic amines is 1. The second-order valence-corrected chi connectivity index (χ2v) is 7.23. The lowest BCUT2D eigenvalue weighted by molar-refractivity contribution is -0.0483. The Morgan fingerprint density at radius 1 is 1.39 bits per heavy atom. The smallest absolute Gasteiger partial charge is 0.355 e. The van der Waals surface area contributed by atoms with E-state index >= 15 is 0 Å². The van der Waals surface area contributed by atoms with Gasteiger partial charge in [0.05, 0.1) is 5.39 Å². The molecule has 11 heteroatoms. The summed E-state index contributed by atoms with van der Waals surface area (Å²) < 4.78 is 61.3. The van der Waals surface area contributed by atoms with Crippen molar-refractivity contribution >= 4 is 26.9 Å². The third-order valence-corrected chi connectivity index (χ3v) is 5.57. The average molecular weight is 349 g/mol. The molecule has 23 heavy (non-hydrogen) atoms.